The third kappa shape index (κ3) is 3.67. The number of ketones is 1. The molecular formula is C24H17ClN2O5S. The van der Waals surface area contributed by atoms with Gasteiger partial charge >= 0.3 is 0 Å². The van der Waals surface area contributed by atoms with Crippen LogP contribution in [0.2, 0.25) is 5.02 Å². The molecule has 4 aromatic rings. The number of thiazole rings is 1. The molecule has 7 nitrogen and oxygen atoms in total. The van der Waals surface area contributed by atoms with E-state index in [1.807, 2.05) is 13.0 Å². The molecule has 0 aliphatic carbocycles. The van der Waals surface area contributed by atoms with Crippen LogP contribution in [0.5, 0.6) is 5.75 Å². The number of fused-ring (bicyclic) bond motifs is 1. The molecule has 0 spiro atoms. The van der Waals surface area contributed by atoms with Gasteiger partial charge in [0.05, 0.1) is 34.7 Å². The summed E-state index contributed by atoms with van der Waals surface area (Å²) in [6.45, 7) is 2.42. The fraction of sp³-hybridized carbons (Fsp3) is 0.125. The summed E-state index contributed by atoms with van der Waals surface area (Å²) >= 11 is 7.33. The molecule has 1 atom stereocenters. The van der Waals surface area contributed by atoms with Crippen LogP contribution in [0.3, 0.4) is 0 Å². The number of nitrogens with zero attached hydrogens (tertiary/aromatic N) is 2. The van der Waals surface area contributed by atoms with Crippen molar-refractivity contribution >= 4 is 50.0 Å². The number of furan rings is 1. The van der Waals surface area contributed by atoms with Crippen molar-refractivity contribution in [2.75, 3.05) is 11.5 Å². The van der Waals surface area contributed by atoms with E-state index in [9.17, 15) is 14.7 Å². The highest BCUT2D eigenvalue weighted by atomic mass is 35.5. The number of carbonyl (C=O) groups excluding carboxylic acids is 2. The number of amides is 1. The number of aliphatic hydroxyl groups is 1. The quantitative estimate of drug-likeness (QED) is 0.354. The zero-order chi connectivity index (χ0) is 23.1. The third-order valence-electron chi connectivity index (χ3n) is 5.25. The Kier molecular flexibility index (Phi) is 5.39. The lowest BCUT2D eigenvalue weighted by Crippen LogP contribution is -2.30. The molecule has 0 fully saturated rings. The first-order valence-corrected chi connectivity index (χ1v) is 11.3. The van der Waals surface area contributed by atoms with Crippen molar-refractivity contribution in [1.82, 2.24) is 4.98 Å². The molecule has 1 unspecified atom stereocenters. The summed E-state index contributed by atoms with van der Waals surface area (Å²) in [7, 11) is 0. The summed E-state index contributed by atoms with van der Waals surface area (Å²) in [5.74, 6) is -1.21. The topological polar surface area (TPSA) is 92.9 Å². The number of halogens is 1. The fourth-order valence-corrected chi connectivity index (χ4v) is 4.93. The zero-order valence-electron chi connectivity index (χ0n) is 17.3. The number of benzene rings is 2. The Morgan fingerprint density at radius 2 is 2.03 bits per heavy atom. The average Bonchev–Trinajstić information content (AvgIpc) is 3.53. The van der Waals surface area contributed by atoms with Gasteiger partial charge in [-0.3, -0.25) is 14.5 Å². The molecular weight excluding hydrogens is 464 g/mol. The number of rotatable bonds is 6. The first-order chi connectivity index (χ1) is 16.0. The number of carbonyl (C=O) groups is 2. The predicted octanol–water partition coefficient (Wildman–Crippen LogP) is 5.72. The smallest absolute Gasteiger partial charge is 0.296 e. The molecule has 33 heavy (non-hydrogen) atoms. The van der Waals surface area contributed by atoms with E-state index in [4.69, 9.17) is 20.8 Å². The van der Waals surface area contributed by atoms with Gasteiger partial charge < -0.3 is 14.3 Å². The molecule has 0 bridgehead atoms. The number of ether oxygens (including phenoxy) is 1. The summed E-state index contributed by atoms with van der Waals surface area (Å²) in [5, 5.41) is 11.6. The van der Waals surface area contributed by atoms with E-state index in [0.29, 0.717) is 33.6 Å². The van der Waals surface area contributed by atoms with Crippen LogP contribution in [0.15, 0.2) is 76.6 Å². The number of aromatic nitrogens is 1. The maximum atomic E-state index is 13.2. The molecule has 0 saturated carbocycles. The second kappa shape index (κ2) is 8.38. The van der Waals surface area contributed by atoms with Crippen LogP contribution in [-0.2, 0) is 4.79 Å². The van der Waals surface area contributed by atoms with Crippen LogP contribution in [0.4, 0.5) is 5.13 Å². The predicted molar refractivity (Wildman–Crippen MR) is 125 cm³/mol. The van der Waals surface area contributed by atoms with Crippen LogP contribution in [0.1, 0.15) is 29.1 Å². The first-order valence-electron chi connectivity index (χ1n) is 10.1. The maximum absolute atomic E-state index is 13.2. The van der Waals surface area contributed by atoms with Gasteiger partial charge in [-0.25, -0.2) is 4.98 Å². The summed E-state index contributed by atoms with van der Waals surface area (Å²) in [6, 6.07) is 14.4. The van der Waals surface area contributed by atoms with Crippen LogP contribution >= 0.6 is 22.9 Å². The summed E-state index contributed by atoms with van der Waals surface area (Å²) in [5.41, 5.74) is 1.19. The van der Waals surface area contributed by atoms with Crippen molar-refractivity contribution in [2.45, 2.75) is 13.0 Å². The molecule has 3 heterocycles. The molecule has 5 rings (SSSR count). The monoisotopic (exact) mass is 480 g/mol. The number of hydrogen-bond donors (Lipinski definition) is 1. The van der Waals surface area contributed by atoms with E-state index >= 15 is 0 Å². The maximum Gasteiger partial charge on any atom is 0.296 e. The van der Waals surface area contributed by atoms with Gasteiger partial charge in [0, 0.05) is 5.02 Å². The Bertz CT molecular complexity index is 1390. The van der Waals surface area contributed by atoms with Crippen LogP contribution < -0.4 is 9.64 Å². The standard InChI is InChI=1S/C24H17ClN2O5S/c1-2-31-15-9-10-16-18(12-15)33-24(26-16)27-20(13-5-7-14(25)8-6-13)19(22(29)23(27)30)21(28)17-4-3-11-32-17/h3-12,20,29H,2H2,1H3. The van der Waals surface area contributed by atoms with Crippen LogP contribution in [-0.4, -0.2) is 28.4 Å². The molecule has 166 valence electrons. The van der Waals surface area contributed by atoms with Gasteiger partial charge in [0.25, 0.3) is 5.91 Å². The number of anilines is 1. The van der Waals surface area contributed by atoms with E-state index in [2.05, 4.69) is 4.98 Å². The summed E-state index contributed by atoms with van der Waals surface area (Å²) in [6.07, 6.45) is 1.36. The number of Topliss-reactive ketones (excluding diaryl/α,β-unsaturated/α-hetero) is 1. The van der Waals surface area contributed by atoms with Crippen molar-refractivity contribution in [3.05, 3.63) is 88.5 Å². The molecule has 1 aliphatic rings. The Labute approximate surface area is 197 Å². The normalized spacial score (nSPS) is 16.1. The Balaban J connectivity index is 1.64. The van der Waals surface area contributed by atoms with Crippen molar-refractivity contribution in [3.63, 3.8) is 0 Å². The highest BCUT2D eigenvalue weighted by Crippen LogP contribution is 2.44. The van der Waals surface area contributed by atoms with Crippen LogP contribution in [0, 0.1) is 0 Å². The highest BCUT2D eigenvalue weighted by molar-refractivity contribution is 7.22. The molecule has 1 amide bonds. The lowest BCUT2D eigenvalue weighted by Gasteiger charge is -2.24. The summed E-state index contributed by atoms with van der Waals surface area (Å²) in [4.78, 5) is 32.4. The van der Waals surface area contributed by atoms with Gasteiger partial charge in [-0.15, -0.1) is 0 Å². The van der Waals surface area contributed by atoms with E-state index in [1.165, 1.54) is 28.6 Å². The summed E-state index contributed by atoms with van der Waals surface area (Å²) < 4.78 is 11.6. The molecule has 1 aliphatic heterocycles. The minimum atomic E-state index is -0.903. The minimum absolute atomic E-state index is 0.0239. The highest BCUT2D eigenvalue weighted by Gasteiger charge is 2.46. The largest absolute Gasteiger partial charge is 0.503 e. The van der Waals surface area contributed by atoms with Crippen molar-refractivity contribution < 1.29 is 23.8 Å². The molecule has 0 radical (unpaired) electrons. The first kappa shape index (κ1) is 21.2. The lowest BCUT2D eigenvalue weighted by molar-refractivity contribution is -0.117. The van der Waals surface area contributed by atoms with Gasteiger partial charge in [-0.2, -0.15) is 0 Å². The van der Waals surface area contributed by atoms with E-state index in [-0.39, 0.29) is 11.3 Å². The minimum Gasteiger partial charge on any atom is -0.503 e. The Morgan fingerprint density at radius 1 is 1.24 bits per heavy atom. The average molecular weight is 481 g/mol. The van der Waals surface area contributed by atoms with Gasteiger partial charge in [0.15, 0.2) is 16.7 Å². The SMILES string of the molecule is CCOc1ccc2nc(N3C(=O)C(O)=C(C(=O)c4ccco4)C3c3ccc(Cl)cc3)sc2c1. The van der Waals surface area contributed by atoms with Gasteiger partial charge in [0.1, 0.15) is 5.75 Å². The van der Waals surface area contributed by atoms with E-state index < -0.39 is 23.5 Å². The lowest BCUT2D eigenvalue weighted by atomic mass is 9.95. The third-order valence-corrected chi connectivity index (χ3v) is 6.52. The zero-order valence-corrected chi connectivity index (χ0v) is 18.9. The Hall–Kier alpha value is -3.62. The van der Waals surface area contributed by atoms with Crippen molar-refractivity contribution in [2.24, 2.45) is 0 Å². The van der Waals surface area contributed by atoms with Gasteiger partial charge in [-0.1, -0.05) is 35.1 Å². The van der Waals surface area contributed by atoms with E-state index in [1.54, 1.807) is 42.5 Å². The van der Waals surface area contributed by atoms with Crippen molar-refractivity contribution in [1.29, 1.82) is 0 Å². The van der Waals surface area contributed by atoms with Crippen LogP contribution in [0.25, 0.3) is 10.2 Å². The van der Waals surface area contributed by atoms with Gasteiger partial charge in [0.2, 0.25) is 5.78 Å². The molecule has 2 aromatic carbocycles. The second-order valence-corrected chi connectivity index (χ2v) is 8.70. The molecule has 9 heteroatoms. The van der Waals surface area contributed by atoms with Gasteiger partial charge in [-0.05, 0) is 55.0 Å². The number of aliphatic hydroxyl groups excluding tert-OH is 1. The van der Waals surface area contributed by atoms with Crippen molar-refractivity contribution in [3.8, 4) is 5.75 Å². The van der Waals surface area contributed by atoms with E-state index in [0.717, 1.165) is 4.70 Å². The molecule has 1 N–H and O–H groups in total. The Morgan fingerprint density at radius 3 is 2.73 bits per heavy atom. The molecule has 0 saturated heterocycles. The fourth-order valence-electron chi connectivity index (χ4n) is 3.79. The number of hydrogen-bond acceptors (Lipinski definition) is 7. The second-order valence-electron chi connectivity index (χ2n) is 7.26. The molecule has 2 aromatic heterocycles.